The van der Waals surface area contributed by atoms with E-state index < -0.39 is 6.10 Å². The van der Waals surface area contributed by atoms with Gasteiger partial charge in [-0.15, -0.1) is 0 Å². The number of carbonyl (C=O) groups excluding carboxylic acids is 1. The molecule has 1 aliphatic rings. The van der Waals surface area contributed by atoms with E-state index in [9.17, 15) is 9.90 Å². The van der Waals surface area contributed by atoms with Gasteiger partial charge in [-0.2, -0.15) is 0 Å². The first-order valence-electron chi connectivity index (χ1n) is 6.01. The molecule has 5 heteroatoms. The summed E-state index contributed by atoms with van der Waals surface area (Å²) in [6.45, 7) is 2.62. The fourth-order valence-corrected chi connectivity index (χ4v) is 1.76. The third kappa shape index (κ3) is 2.61. The van der Waals surface area contributed by atoms with E-state index in [1.54, 1.807) is 18.2 Å². The van der Waals surface area contributed by atoms with Crippen molar-refractivity contribution in [3.8, 4) is 5.75 Å². The van der Waals surface area contributed by atoms with Gasteiger partial charge in [0, 0.05) is 18.5 Å². The summed E-state index contributed by atoms with van der Waals surface area (Å²) in [6, 6.07) is 6.88. The van der Waals surface area contributed by atoms with E-state index in [0.717, 1.165) is 6.42 Å². The molecule has 0 radical (unpaired) electrons. The number of oxime groups is 1. The Bertz CT molecular complexity index is 471. The number of phenolic OH excluding ortho intramolecular Hbond substituents is 1. The molecule has 0 bridgehead atoms. The first-order chi connectivity index (χ1) is 8.72. The summed E-state index contributed by atoms with van der Waals surface area (Å²) >= 11 is 0. The van der Waals surface area contributed by atoms with E-state index in [-0.39, 0.29) is 11.7 Å². The number of benzene rings is 1. The van der Waals surface area contributed by atoms with E-state index in [2.05, 4.69) is 10.5 Å². The zero-order chi connectivity index (χ0) is 13.0. The maximum Gasteiger partial charge on any atom is 0.264 e. The highest BCUT2D eigenvalue weighted by Gasteiger charge is 2.29. The van der Waals surface area contributed by atoms with Crippen LogP contribution in [0.4, 0.5) is 0 Å². The predicted octanol–water partition coefficient (Wildman–Crippen LogP) is 1.41. The summed E-state index contributed by atoms with van der Waals surface area (Å²) in [5, 5.41) is 16.3. The van der Waals surface area contributed by atoms with E-state index in [0.29, 0.717) is 24.2 Å². The lowest BCUT2D eigenvalue weighted by Crippen LogP contribution is -2.35. The molecule has 1 aromatic rings. The quantitative estimate of drug-likeness (QED) is 0.846. The van der Waals surface area contributed by atoms with Gasteiger partial charge < -0.3 is 15.3 Å². The van der Waals surface area contributed by atoms with Crippen LogP contribution in [0, 0.1) is 0 Å². The number of aromatic hydroxyl groups is 1. The van der Waals surface area contributed by atoms with Crippen molar-refractivity contribution >= 4 is 11.6 Å². The van der Waals surface area contributed by atoms with Gasteiger partial charge in [-0.05, 0) is 18.6 Å². The Hall–Kier alpha value is -2.04. The Balaban J connectivity index is 2.00. The highest BCUT2D eigenvalue weighted by molar-refractivity contribution is 6.05. The van der Waals surface area contributed by atoms with Crippen LogP contribution in [0.3, 0.4) is 0 Å². The number of nitrogens with one attached hydrogen (secondary N) is 1. The second-order valence-corrected chi connectivity index (χ2v) is 4.14. The fourth-order valence-electron chi connectivity index (χ4n) is 1.76. The summed E-state index contributed by atoms with van der Waals surface area (Å²) in [7, 11) is 0. The lowest BCUT2D eigenvalue weighted by atomic mass is 10.0. The zero-order valence-electron chi connectivity index (χ0n) is 10.2. The summed E-state index contributed by atoms with van der Waals surface area (Å²) in [5.74, 6) is -0.0134. The van der Waals surface area contributed by atoms with Crippen LogP contribution in [0.15, 0.2) is 29.4 Å². The van der Waals surface area contributed by atoms with Crippen molar-refractivity contribution in [3.05, 3.63) is 29.8 Å². The molecule has 1 aromatic carbocycles. The number of amides is 1. The second-order valence-electron chi connectivity index (χ2n) is 4.14. The molecule has 5 nitrogen and oxygen atoms in total. The normalized spacial score (nSPS) is 18.1. The summed E-state index contributed by atoms with van der Waals surface area (Å²) in [5.41, 5.74) is 1.22. The summed E-state index contributed by atoms with van der Waals surface area (Å²) in [4.78, 5) is 16.8. The minimum absolute atomic E-state index is 0.148. The molecule has 96 valence electrons. The number of hydrogen-bond donors (Lipinski definition) is 2. The molecular weight excluding hydrogens is 232 g/mol. The molecule has 0 saturated carbocycles. The van der Waals surface area contributed by atoms with Gasteiger partial charge in [0.15, 0.2) is 0 Å². The Kier molecular flexibility index (Phi) is 3.82. The smallest absolute Gasteiger partial charge is 0.264 e. The van der Waals surface area contributed by atoms with Crippen molar-refractivity contribution in [1.82, 2.24) is 5.32 Å². The van der Waals surface area contributed by atoms with Crippen molar-refractivity contribution in [3.63, 3.8) is 0 Å². The van der Waals surface area contributed by atoms with Crippen LogP contribution in [-0.4, -0.2) is 29.4 Å². The topological polar surface area (TPSA) is 70.9 Å². The first-order valence-corrected chi connectivity index (χ1v) is 6.01. The van der Waals surface area contributed by atoms with Crippen LogP contribution >= 0.6 is 0 Å². The Morgan fingerprint density at radius 1 is 1.56 bits per heavy atom. The number of hydrogen-bond acceptors (Lipinski definition) is 4. The average molecular weight is 248 g/mol. The lowest BCUT2D eigenvalue weighted by Gasteiger charge is -2.08. The first kappa shape index (κ1) is 12.4. The molecule has 1 aliphatic heterocycles. The average Bonchev–Trinajstić information content (AvgIpc) is 2.86. The highest BCUT2D eigenvalue weighted by Crippen LogP contribution is 2.23. The minimum Gasteiger partial charge on any atom is -0.507 e. The van der Waals surface area contributed by atoms with Crippen LogP contribution in [-0.2, 0) is 9.63 Å². The number of phenols is 1. The molecule has 18 heavy (non-hydrogen) atoms. The molecule has 0 fully saturated rings. The Morgan fingerprint density at radius 3 is 3.06 bits per heavy atom. The fraction of sp³-hybridized carbons (Fsp3) is 0.385. The maximum absolute atomic E-state index is 11.7. The Labute approximate surface area is 105 Å². The van der Waals surface area contributed by atoms with Gasteiger partial charge in [-0.25, -0.2) is 0 Å². The van der Waals surface area contributed by atoms with Crippen molar-refractivity contribution in [2.24, 2.45) is 5.16 Å². The third-order valence-electron chi connectivity index (χ3n) is 2.73. The van der Waals surface area contributed by atoms with Crippen molar-refractivity contribution in [1.29, 1.82) is 0 Å². The summed E-state index contributed by atoms with van der Waals surface area (Å²) < 4.78 is 0. The molecule has 0 aliphatic carbocycles. The molecule has 2 N–H and O–H groups in total. The highest BCUT2D eigenvalue weighted by atomic mass is 16.6. The number of para-hydroxylation sites is 1. The molecular formula is C13H16N2O3. The van der Waals surface area contributed by atoms with Crippen LogP contribution in [0.1, 0.15) is 25.3 Å². The van der Waals surface area contributed by atoms with Gasteiger partial charge in [0.25, 0.3) is 5.91 Å². The Morgan fingerprint density at radius 2 is 2.33 bits per heavy atom. The van der Waals surface area contributed by atoms with E-state index in [4.69, 9.17) is 4.84 Å². The minimum atomic E-state index is -0.592. The zero-order valence-corrected chi connectivity index (χ0v) is 10.2. The van der Waals surface area contributed by atoms with Crippen molar-refractivity contribution in [2.45, 2.75) is 25.9 Å². The molecule has 2 rings (SSSR count). The largest absolute Gasteiger partial charge is 0.507 e. The van der Waals surface area contributed by atoms with Gasteiger partial charge in [0.1, 0.15) is 5.75 Å². The maximum atomic E-state index is 11.7. The number of carbonyl (C=O) groups is 1. The SMILES string of the molecule is CCCNC(=O)[C@H]1CC(c2ccccc2O)=NO1. The van der Waals surface area contributed by atoms with E-state index >= 15 is 0 Å². The van der Waals surface area contributed by atoms with Gasteiger partial charge >= 0.3 is 0 Å². The summed E-state index contributed by atoms with van der Waals surface area (Å²) in [6.07, 6.45) is 0.671. The van der Waals surface area contributed by atoms with Gasteiger partial charge in [0.2, 0.25) is 6.10 Å². The van der Waals surface area contributed by atoms with Crippen molar-refractivity contribution in [2.75, 3.05) is 6.54 Å². The molecule has 0 spiro atoms. The number of rotatable bonds is 4. The van der Waals surface area contributed by atoms with Gasteiger partial charge in [0.05, 0.1) is 5.71 Å². The predicted molar refractivity (Wildman–Crippen MR) is 67.4 cm³/mol. The van der Waals surface area contributed by atoms with E-state index in [1.165, 1.54) is 0 Å². The van der Waals surface area contributed by atoms with Crippen LogP contribution in [0.5, 0.6) is 5.75 Å². The van der Waals surface area contributed by atoms with Crippen LogP contribution in [0.25, 0.3) is 0 Å². The molecule has 1 amide bonds. The van der Waals surface area contributed by atoms with Crippen LogP contribution in [0.2, 0.25) is 0 Å². The lowest BCUT2D eigenvalue weighted by molar-refractivity contribution is -0.131. The number of nitrogens with zero attached hydrogens (tertiary/aromatic N) is 1. The third-order valence-corrected chi connectivity index (χ3v) is 2.73. The van der Waals surface area contributed by atoms with Crippen LogP contribution < -0.4 is 5.32 Å². The molecule has 0 saturated heterocycles. The van der Waals surface area contributed by atoms with Gasteiger partial charge in [-0.1, -0.05) is 24.2 Å². The van der Waals surface area contributed by atoms with Crippen molar-refractivity contribution < 1.29 is 14.7 Å². The monoisotopic (exact) mass is 248 g/mol. The van der Waals surface area contributed by atoms with Gasteiger partial charge in [-0.3, -0.25) is 4.79 Å². The molecule has 0 unspecified atom stereocenters. The molecule has 1 atom stereocenters. The molecule has 0 aromatic heterocycles. The standard InChI is InChI=1S/C13H16N2O3/c1-2-7-14-13(17)12-8-10(15-18-12)9-5-3-4-6-11(9)16/h3-6,12,16H,2,7-8H2,1H3,(H,14,17)/t12-/m1/s1. The molecule has 1 heterocycles. The van der Waals surface area contributed by atoms with E-state index in [1.807, 2.05) is 13.0 Å². The second kappa shape index (κ2) is 5.53.